The van der Waals surface area contributed by atoms with Gasteiger partial charge in [-0.1, -0.05) is 0 Å². The van der Waals surface area contributed by atoms with Crippen molar-refractivity contribution in [2.75, 3.05) is 7.05 Å². The van der Waals surface area contributed by atoms with Gasteiger partial charge in [0.05, 0.1) is 0 Å². The first-order valence-corrected chi connectivity index (χ1v) is 2.28. The van der Waals surface area contributed by atoms with Gasteiger partial charge >= 0.3 is 0 Å². The summed E-state index contributed by atoms with van der Waals surface area (Å²) < 4.78 is 0. The van der Waals surface area contributed by atoms with E-state index in [1.807, 2.05) is 0 Å². The van der Waals surface area contributed by atoms with E-state index in [4.69, 9.17) is 0 Å². The van der Waals surface area contributed by atoms with Crippen LogP contribution in [0.15, 0.2) is 16.8 Å². The van der Waals surface area contributed by atoms with Crippen LogP contribution in [-0.2, 0) is 0 Å². The Balaban J connectivity index is 3.61. The van der Waals surface area contributed by atoms with E-state index in [9.17, 15) is 5.21 Å². The lowest BCUT2D eigenvalue weighted by molar-refractivity contribution is 1.19. The van der Waals surface area contributed by atoms with Gasteiger partial charge in [-0.3, -0.25) is 4.99 Å². The third-order valence-electron chi connectivity index (χ3n) is 0.619. The molecule has 0 bridgehead atoms. The van der Waals surface area contributed by atoms with E-state index in [1.54, 1.807) is 25.7 Å². The van der Waals surface area contributed by atoms with Gasteiger partial charge < -0.3 is 10.7 Å². The number of rotatable bonds is 2. The first-order valence-electron chi connectivity index (χ1n) is 2.28. The zero-order valence-corrected chi connectivity index (χ0v) is 5.01. The van der Waals surface area contributed by atoms with Gasteiger partial charge in [0.25, 0.3) is 0 Å². The highest BCUT2D eigenvalue weighted by Gasteiger charge is 1.72. The van der Waals surface area contributed by atoms with Gasteiger partial charge in [-0.2, -0.15) is 0 Å². The Morgan fingerprint density at radius 2 is 2.38 bits per heavy atom. The molecule has 8 heavy (non-hydrogen) atoms. The fourth-order valence-electron chi connectivity index (χ4n) is 0.334. The van der Waals surface area contributed by atoms with Gasteiger partial charge in [0.1, 0.15) is 0 Å². The predicted octanol–water partition coefficient (Wildman–Crippen LogP) is 0.678. The Labute approximate surface area is 48.7 Å². The van der Waals surface area contributed by atoms with E-state index in [1.165, 1.54) is 6.20 Å². The van der Waals surface area contributed by atoms with Crippen molar-refractivity contribution in [3.8, 4) is 0 Å². The highest BCUT2D eigenvalue weighted by atomic mass is 16.5. The molecule has 0 amide bonds. The van der Waals surface area contributed by atoms with Crippen LogP contribution in [0, 0.1) is 5.21 Å². The number of hydrogen-bond donors (Lipinski definition) is 1. The molecule has 0 aliphatic heterocycles. The zero-order valence-electron chi connectivity index (χ0n) is 5.01. The summed E-state index contributed by atoms with van der Waals surface area (Å²) in [6, 6.07) is 0. The first-order chi connectivity index (χ1) is 3.81. The lowest BCUT2D eigenvalue weighted by Crippen LogP contribution is -1.91. The highest BCUT2D eigenvalue weighted by Crippen LogP contribution is 1.81. The summed E-state index contributed by atoms with van der Waals surface area (Å²) in [5.74, 6) is 0. The number of nitrogens with zero attached hydrogens (tertiary/aromatic N) is 1. The maximum absolute atomic E-state index is 9.63. The molecule has 0 radical (unpaired) electrons. The van der Waals surface area contributed by atoms with Crippen LogP contribution in [0.1, 0.15) is 6.92 Å². The molecule has 0 fully saturated rings. The van der Waals surface area contributed by atoms with Crippen molar-refractivity contribution in [2.24, 2.45) is 4.99 Å². The molecule has 0 unspecified atom stereocenters. The van der Waals surface area contributed by atoms with E-state index in [0.29, 0.717) is 0 Å². The van der Waals surface area contributed by atoms with Crippen molar-refractivity contribution in [2.45, 2.75) is 6.92 Å². The standard InChI is InChI=1S/C5H9N2O/c1-5(3-6-2)4-7-8/h3-4,7H,1-2H3/q-1/b5-4-,6-3?. The molecule has 0 spiro atoms. The molecule has 1 N–H and O–H groups in total. The summed E-state index contributed by atoms with van der Waals surface area (Å²) in [5, 5.41) is 9.63. The summed E-state index contributed by atoms with van der Waals surface area (Å²) in [6.45, 7) is 1.79. The molecule has 46 valence electrons. The fraction of sp³-hybridized carbons (Fsp3) is 0.400. The van der Waals surface area contributed by atoms with Crippen molar-refractivity contribution in [1.82, 2.24) is 5.48 Å². The molecule has 0 aromatic carbocycles. The molecular formula is C5H9N2O-. The average molecular weight is 113 g/mol. The lowest BCUT2D eigenvalue weighted by Gasteiger charge is -1.99. The molecule has 3 heteroatoms. The van der Waals surface area contributed by atoms with Crippen molar-refractivity contribution < 1.29 is 0 Å². The maximum atomic E-state index is 9.63. The van der Waals surface area contributed by atoms with Gasteiger partial charge in [-0.25, -0.2) is 0 Å². The summed E-state index contributed by atoms with van der Waals surface area (Å²) in [6.07, 6.45) is 2.94. The van der Waals surface area contributed by atoms with Crippen LogP contribution in [0.2, 0.25) is 0 Å². The smallest absolute Gasteiger partial charge is 0.0277 e. The second kappa shape index (κ2) is 4.33. The van der Waals surface area contributed by atoms with Crippen molar-refractivity contribution in [3.63, 3.8) is 0 Å². The Hall–Kier alpha value is -0.830. The number of allylic oxidation sites excluding steroid dienone is 1. The average Bonchev–Trinajstić information content (AvgIpc) is 1.68. The van der Waals surface area contributed by atoms with Crippen LogP contribution in [0.3, 0.4) is 0 Å². The SMILES string of the molecule is CN=C/C(C)=C\N[O-]. The van der Waals surface area contributed by atoms with Crippen molar-refractivity contribution in [1.29, 1.82) is 0 Å². The Morgan fingerprint density at radius 1 is 1.75 bits per heavy atom. The predicted molar refractivity (Wildman–Crippen MR) is 34.7 cm³/mol. The Bertz CT molecular complexity index is 107. The monoisotopic (exact) mass is 113 g/mol. The number of hydrogen-bond acceptors (Lipinski definition) is 3. The second-order valence-electron chi connectivity index (χ2n) is 1.39. The third kappa shape index (κ3) is 3.36. The first kappa shape index (κ1) is 7.17. The molecule has 0 aliphatic carbocycles. The van der Waals surface area contributed by atoms with Crippen LogP contribution in [-0.4, -0.2) is 13.3 Å². The topological polar surface area (TPSA) is 47.5 Å². The molecule has 0 saturated carbocycles. The molecule has 3 nitrogen and oxygen atoms in total. The summed E-state index contributed by atoms with van der Waals surface area (Å²) >= 11 is 0. The normalized spacial score (nSPS) is 12.6. The minimum Gasteiger partial charge on any atom is -0.761 e. The Morgan fingerprint density at radius 3 is 2.75 bits per heavy atom. The molecule has 0 heterocycles. The van der Waals surface area contributed by atoms with Crippen LogP contribution in [0.5, 0.6) is 0 Å². The third-order valence-corrected chi connectivity index (χ3v) is 0.619. The van der Waals surface area contributed by atoms with Crippen LogP contribution >= 0.6 is 0 Å². The van der Waals surface area contributed by atoms with E-state index < -0.39 is 0 Å². The molecule has 0 aliphatic rings. The van der Waals surface area contributed by atoms with Gasteiger partial charge in [0.15, 0.2) is 0 Å². The quantitative estimate of drug-likeness (QED) is 0.422. The minimum absolute atomic E-state index is 0.822. The van der Waals surface area contributed by atoms with Crippen LogP contribution < -0.4 is 5.48 Å². The van der Waals surface area contributed by atoms with Gasteiger partial charge in [-0.15, -0.1) is 0 Å². The molecule has 0 atom stereocenters. The number of hydroxylamine groups is 1. The fourth-order valence-corrected chi connectivity index (χ4v) is 0.334. The van der Waals surface area contributed by atoms with Gasteiger partial charge in [0, 0.05) is 13.3 Å². The molecule has 0 aromatic heterocycles. The second-order valence-corrected chi connectivity index (χ2v) is 1.39. The minimum atomic E-state index is 0.822. The highest BCUT2D eigenvalue weighted by molar-refractivity contribution is 5.77. The van der Waals surface area contributed by atoms with E-state index >= 15 is 0 Å². The van der Waals surface area contributed by atoms with E-state index in [0.717, 1.165) is 5.57 Å². The van der Waals surface area contributed by atoms with Gasteiger partial charge in [0.2, 0.25) is 0 Å². The van der Waals surface area contributed by atoms with E-state index in [2.05, 4.69) is 4.99 Å². The lowest BCUT2D eigenvalue weighted by atomic mass is 10.4. The molecule has 0 saturated heterocycles. The molecular weight excluding hydrogens is 104 g/mol. The van der Waals surface area contributed by atoms with Crippen molar-refractivity contribution in [3.05, 3.63) is 17.0 Å². The van der Waals surface area contributed by atoms with Crippen molar-refractivity contribution >= 4 is 6.21 Å². The largest absolute Gasteiger partial charge is 0.761 e. The maximum Gasteiger partial charge on any atom is 0.0277 e. The van der Waals surface area contributed by atoms with Crippen LogP contribution in [0.4, 0.5) is 0 Å². The number of aliphatic imine (C=N–C) groups is 1. The zero-order chi connectivity index (χ0) is 6.41. The van der Waals surface area contributed by atoms with Gasteiger partial charge in [-0.05, 0) is 18.7 Å². The molecule has 0 aromatic rings. The summed E-state index contributed by atoms with van der Waals surface area (Å²) in [5.41, 5.74) is 2.47. The Kier molecular flexibility index (Phi) is 3.88. The van der Waals surface area contributed by atoms with E-state index in [-0.39, 0.29) is 0 Å². The molecule has 0 rings (SSSR count). The van der Waals surface area contributed by atoms with Crippen LogP contribution in [0.25, 0.3) is 0 Å². The summed E-state index contributed by atoms with van der Waals surface area (Å²) in [7, 11) is 1.65. The number of nitrogens with one attached hydrogen (secondary N) is 1. The summed E-state index contributed by atoms with van der Waals surface area (Å²) in [4.78, 5) is 3.68.